The summed E-state index contributed by atoms with van der Waals surface area (Å²) in [6.07, 6.45) is -0.121. The number of carbonyl (C=O) groups excluding carboxylic acids is 1. The molecule has 0 aliphatic carbocycles. The molecule has 0 aliphatic heterocycles. The first-order chi connectivity index (χ1) is 10.8. The van der Waals surface area contributed by atoms with Crippen LogP contribution in [-0.2, 0) is 6.61 Å². The number of hydrogen-bond acceptors (Lipinski definition) is 3. The number of nitrogens with zero attached hydrogens (tertiary/aromatic N) is 1. The van der Waals surface area contributed by atoms with Gasteiger partial charge in [0.1, 0.15) is 18.8 Å². The summed E-state index contributed by atoms with van der Waals surface area (Å²) in [5, 5.41) is 9.49. The number of rotatable bonds is 5. The van der Waals surface area contributed by atoms with Crippen LogP contribution in [0.1, 0.15) is 22.5 Å². The van der Waals surface area contributed by atoms with E-state index in [0.29, 0.717) is 12.3 Å². The van der Waals surface area contributed by atoms with Crippen molar-refractivity contribution in [1.29, 1.82) is 5.26 Å². The van der Waals surface area contributed by atoms with Gasteiger partial charge in [0, 0.05) is 10.9 Å². The van der Waals surface area contributed by atoms with Crippen LogP contribution in [0.3, 0.4) is 0 Å². The molecular weight excluding hydrogens is 276 g/mol. The van der Waals surface area contributed by atoms with Crippen molar-refractivity contribution in [3.8, 4) is 11.8 Å². The lowest BCUT2D eigenvalue weighted by Crippen LogP contribution is -1.96. The second kappa shape index (κ2) is 6.15. The van der Waals surface area contributed by atoms with Crippen molar-refractivity contribution in [3.63, 3.8) is 0 Å². The van der Waals surface area contributed by atoms with Crippen molar-refractivity contribution < 1.29 is 9.53 Å². The molecular formula is C18H14N2O2. The molecule has 0 saturated heterocycles. The quantitative estimate of drug-likeness (QED) is 0.726. The van der Waals surface area contributed by atoms with E-state index in [4.69, 9.17) is 10.00 Å². The predicted octanol–water partition coefficient (Wildman–Crippen LogP) is 3.84. The van der Waals surface area contributed by atoms with E-state index in [0.717, 1.165) is 22.2 Å². The molecule has 1 heterocycles. The van der Waals surface area contributed by atoms with E-state index in [2.05, 4.69) is 4.98 Å². The van der Waals surface area contributed by atoms with Gasteiger partial charge in [-0.1, -0.05) is 30.3 Å². The summed E-state index contributed by atoms with van der Waals surface area (Å²) in [5.74, 6) is 0.542. The first-order valence-electron chi connectivity index (χ1n) is 6.96. The number of Topliss-reactive ketones (excluding diaryl/α,β-unsaturated/α-hetero) is 1. The minimum absolute atomic E-state index is 0.121. The van der Waals surface area contributed by atoms with Gasteiger partial charge in [0.15, 0.2) is 5.78 Å². The molecule has 0 radical (unpaired) electrons. The van der Waals surface area contributed by atoms with Gasteiger partial charge in [0.25, 0.3) is 0 Å². The van der Waals surface area contributed by atoms with Crippen LogP contribution in [0, 0.1) is 11.3 Å². The molecule has 4 nitrogen and oxygen atoms in total. The van der Waals surface area contributed by atoms with Crippen molar-refractivity contribution >= 4 is 16.7 Å². The number of H-pyrrole nitrogens is 1. The first kappa shape index (κ1) is 13.9. The zero-order chi connectivity index (χ0) is 15.4. The molecule has 0 saturated carbocycles. The number of benzene rings is 2. The Morgan fingerprint density at radius 3 is 2.73 bits per heavy atom. The van der Waals surface area contributed by atoms with Crippen LogP contribution in [0.15, 0.2) is 54.6 Å². The Morgan fingerprint density at radius 1 is 1.14 bits per heavy atom. The van der Waals surface area contributed by atoms with Crippen LogP contribution in [-0.4, -0.2) is 10.8 Å². The fourth-order valence-electron chi connectivity index (χ4n) is 2.26. The van der Waals surface area contributed by atoms with Crippen LogP contribution in [0.25, 0.3) is 10.9 Å². The molecule has 0 atom stereocenters. The zero-order valence-electron chi connectivity index (χ0n) is 11.9. The first-order valence-corrected chi connectivity index (χ1v) is 6.96. The SMILES string of the molecule is N#CCC(=O)c1cc2cc(OCc3ccccc3)ccc2[nH]1. The number of ether oxygens (including phenoxy) is 1. The third kappa shape index (κ3) is 2.99. The highest BCUT2D eigenvalue weighted by molar-refractivity contribution is 6.00. The Labute approximate surface area is 128 Å². The number of carbonyl (C=O) groups is 1. The maximum absolute atomic E-state index is 11.7. The fraction of sp³-hybridized carbons (Fsp3) is 0.111. The number of ketones is 1. The van der Waals surface area contributed by atoms with Gasteiger partial charge in [-0.3, -0.25) is 4.79 Å². The maximum Gasteiger partial charge on any atom is 0.193 e. The van der Waals surface area contributed by atoms with Crippen molar-refractivity contribution in [1.82, 2.24) is 4.98 Å². The Bertz CT molecular complexity index is 844. The monoisotopic (exact) mass is 290 g/mol. The lowest BCUT2D eigenvalue weighted by atomic mass is 10.2. The molecule has 108 valence electrons. The summed E-state index contributed by atoms with van der Waals surface area (Å²) in [7, 11) is 0. The van der Waals surface area contributed by atoms with E-state index < -0.39 is 0 Å². The summed E-state index contributed by atoms with van der Waals surface area (Å²) in [6.45, 7) is 0.497. The van der Waals surface area contributed by atoms with Crippen LogP contribution < -0.4 is 4.74 Å². The van der Waals surface area contributed by atoms with E-state index in [1.165, 1.54) is 0 Å². The minimum atomic E-state index is -0.203. The number of hydrogen-bond donors (Lipinski definition) is 1. The fourth-order valence-corrected chi connectivity index (χ4v) is 2.26. The van der Waals surface area contributed by atoms with Crippen molar-refractivity contribution in [3.05, 3.63) is 65.9 Å². The number of fused-ring (bicyclic) bond motifs is 1. The molecule has 0 unspecified atom stereocenters. The molecule has 0 aliphatic rings. The van der Waals surface area contributed by atoms with Gasteiger partial charge >= 0.3 is 0 Å². The molecule has 3 aromatic rings. The van der Waals surface area contributed by atoms with Gasteiger partial charge in [0.2, 0.25) is 0 Å². The van der Waals surface area contributed by atoms with Crippen LogP contribution >= 0.6 is 0 Å². The van der Waals surface area contributed by atoms with Crippen LogP contribution in [0.5, 0.6) is 5.75 Å². The highest BCUT2D eigenvalue weighted by Crippen LogP contribution is 2.23. The smallest absolute Gasteiger partial charge is 0.193 e. The van der Waals surface area contributed by atoms with Gasteiger partial charge < -0.3 is 9.72 Å². The normalized spacial score (nSPS) is 10.3. The van der Waals surface area contributed by atoms with Crippen molar-refractivity contribution in [2.75, 3.05) is 0 Å². The zero-order valence-corrected chi connectivity index (χ0v) is 11.9. The second-order valence-corrected chi connectivity index (χ2v) is 4.96. The van der Waals surface area contributed by atoms with Gasteiger partial charge in [-0.05, 0) is 29.8 Å². The lowest BCUT2D eigenvalue weighted by Gasteiger charge is -2.06. The van der Waals surface area contributed by atoms with Gasteiger partial charge in [0.05, 0.1) is 11.8 Å². The van der Waals surface area contributed by atoms with E-state index in [1.54, 1.807) is 6.07 Å². The third-order valence-electron chi connectivity index (χ3n) is 3.38. The molecule has 4 heteroatoms. The Hall–Kier alpha value is -3.06. The standard InChI is InChI=1S/C18H14N2O2/c19-9-8-18(21)17-11-14-10-15(6-7-16(14)20-17)22-12-13-4-2-1-3-5-13/h1-7,10-11,20H,8,12H2. The van der Waals surface area contributed by atoms with Crippen molar-refractivity contribution in [2.45, 2.75) is 13.0 Å². The van der Waals surface area contributed by atoms with Crippen molar-refractivity contribution in [2.24, 2.45) is 0 Å². The number of aromatic amines is 1. The Morgan fingerprint density at radius 2 is 1.95 bits per heavy atom. The van der Waals surface area contributed by atoms with Crippen LogP contribution in [0.4, 0.5) is 0 Å². The summed E-state index contributed by atoms with van der Waals surface area (Å²) >= 11 is 0. The Balaban J connectivity index is 1.78. The summed E-state index contributed by atoms with van der Waals surface area (Å²) < 4.78 is 5.77. The third-order valence-corrected chi connectivity index (χ3v) is 3.38. The molecule has 22 heavy (non-hydrogen) atoms. The molecule has 3 rings (SSSR count). The highest BCUT2D eigenvalue weighted by atomic mass is 16.5. The molecule has 0 spiro atoms. The minimum Gasteiger partial charge on any atom is -0.489 e. The summed E-state index contributed by atoms with van der Waals surface area (Å²) in [5.41, 5.74) is 2.41. The van der Waals surface area contributed by atoms with E-state index in [-0.39, 0.29) is 12.2 Å². The topological polar surface area (TPSA) is 65.9 Å². The lowest BCUT2D eigenvalue weighted by molar-refractivity contribution is 0.0994. The molecule has 1 N–H and O–H groups in total. The van der Waals surface area contributed by atoms with E-state index >= 15 is 0 Å². The predicted molar refractivity (Wildman–Crippen MR) is 83.6 cm³/mol. The summed E-state index contributed by atoms with van der Waals surface area (Å²) in [6, 6.07) is 19.2. The molecule has 1 aromatic heterocycles. The summed E-state index contributed by atoms with van der Waals surface area (Å²) in [4.78, 5) is 14.7. The van der Waals surface area contributed by atoms with E-state index in [9.17, 15) is 4.79 Å². The van der Waals surface area contributed by atoms with Gasteiger partial charge in [-0.2, -0.15) is 5.26 Å². The largest absolute Gasteiger partial charge is 0.489 e. The number of aromatic nitrogens is 1. The Kier molecular flexibility index (Phi) is 3.88. The van der Waals surface area contributed by atoms with Gasteiger partial charge in [-0.15, -0.1) is 0 Å². The molecule has 0 bridgehead atoms. The molecule has 0 fully saturated rings. The highest BCUT2D eigenvalue weighted by Gasteiger charge is 2.09. The van der Waals surface area contributed by atoms with Gasteiger partial charge in [-0.25, -0.2) is 0 Å². The van der Waals surface area contributed by atoms with E-state index in [1.807, 2.05) is 54.6 Å². The second-order valence-electron chi connectivity index (χ2n) is 4.96. The number of nitriles is 1. The van der Waals surface area contributed by atoms with Crippen LogP contribution in [0.2, 0.25) is 0 Å². The maximum atomic E-state index is 11.7. The average Bonchev–Trinajstić information content (AvgIpc) is 2.97. The molecule has 2 aromatic carbocycles. The number of nitrogens with one attached hydrogen (secondary N) is 1. The molecule has 0 amide bonds. The average molecular weight is 290 g/mol.